The monoisotopic (exact) mass is 1070 g/mol. The molecule has 0 unspecified atom stereocenters. The van der Waals surface area contributed by atoms with Gasteiger partial charge in [-0.25, -0.2) is 24.4 Å². The Balaban J connectivity index is 0.000000276. The number of anilines is 2. The maximum absolute atomic E-state index is 13.6. The first-order valence-corrected chi connectivity index (χ1v) is 25.2. The zero-order valence-corrected chi connectivity index (χ0v) is 45.6. The van der Waals surface area contributed by atoms with Gasteiger partial charge >= 0.3 is 24.1 Å². The molecule has 4 aromatic rings. The molecule has 2 atom stereocenters. The van der Waals surface area contributed by atoms with Crippen molar-refractivity contribution in [1.82, 2.24) is 34.6 Å². The number of ether oxygens (including phenoxy) is 4. The molecule has 3 amide bonds. The zero-order chi connectivity index (χ0) is 54.7. The number of aromatic nitrogens is 4. The van der Waals surface area contributed by atoms with Crippen LogP contribution >= 0.6 is 23.2 Å². The predicted octanol–water partition coefficient (Wildman–Crippen LogP) is 7.98. The van der Waals surface area contributed by atoms with Gasteiger partial charge in [0.15, 0.2) is 17.3 Å². The first kappa shape index (κ1) is 58.2. The third-order valence-corrected chi connectivity index (χ3v) is 12.3. The van der Waals surface area contributed by atoms with E-state index in [-0.39, 0.29) is 66.9 Å². The molecule has 2 fully saturated rings. The molecule has 0 spiro atoms. The van der Waals surface area contributed by atoms with Gasteiger partial charge in [0, 0.05) is 69.2 Å². The van der Waals surface area contributed by atoms with Gasteiger partial charge in [-0.3, -0.25) is 23.7 Å². The highest BCUT2D eigenvalue weighted by molar-refractivity contribution is 6.31. The van der Waals surface area contributed by atoms with E-state index in [1.165, 1.54) is 32.9 Å². The summed E-state index contributed by atoms with van der Waals surface area (Å²) in [5, 5.41) is 6.86. The second-order valence-corrected chi connectivity index (χ2v) is 20.8. The van der Waals surface area contributed by atoms with Crippen molar-refractivity contribution in [3.05, 3.63) is 92.5 Å². The summed E-state index contributed by atoms with van der Waals surface area (Å²) < 4.78 is 24.1. The molecule has 0 aliphatic carbocycles. The Morgan fingerprint density at radius 1 is 0.689 bits per heavy atom. The molecule has 22 heteroatoms. The van der Waals surface area contributed by atoms with Crippen molar-refractivity contribution in [2.75, 3.05) is 63.3 Å². The average molecular weight is 1070 g/mol. The van der Waals surface area contributed by atoms with Crippen LogP contribution in [0.3, 0.4) is 0 Å². The molecule has 0 bridgehead atoms. The Morgan fingerprint density at radius 3 is 1.50 bits per heavy atom. The molecule has 2 aliphatic rings. The summed E-state index contributed by atoms with van der Waals surface area (Å²) in [6.45, 7) is 17.6. The molecule has 2 aromatic carbocycles. The molecular weight excluding hydrogens is 998 g/mol. The fraction of sp³-hybridized carbons (Fsp3) is 0.519. The van der Waals surface area contributed by atoms with Crippen LogP contribution in [0.4, 0.5) is 21.5 Å². The van der Waals surface area contributed by atoms with Crippen molar-refractivity contribution in [2.24, 2.45) is 0 Å². The van der Waals surface area contributed by atoms with Gasteiger partial charge in [-0.05, 0) is 97.4 Å². The summed E-state index contributed by atoms with van der Waals surface area (Å²) in [6.07, 6.45) is 2.02. The van der Waals surface area contributed by atoms with E-state index in [4.69, 9.17) is 42.1 Å². The number of likely N-dealkylation sites (N-methyl/N-ethyl adjacent to an activating group) is 1. The maximum Gasteiger partial charge on any atom is 0.407 e. The van der Waals surface area contributed by atoms with Crippen molar-refractivity contribution >= 4 is 76.7 Å². The number of esters is 2. The lowest BCUT2D eigenvalue weighted by molar-refractivity contribution is -0.141. The van der Waals surface area contributed by atoms with Crippen LogP contribution in [-0.2, 0) is 36.8 Å². The number of imidazole rings is 2. The third-order valence-electron chi connectivity index (χ3n) is 11.6. The normalized spacial score (nSPS) is 15.7. The number of rotatable bonds is 15. The molecular formula is C52H69Cl2N9O11. The highest BCUT2D eigenvalue weighted by Gasteiger charge is 2.35. The first-order chi connectivity index (χ1) is 34.8. The highest BCUT2D eigenvalue weighted by Crippen LogP contribution is 2.30. The van der Waals surface area contributed by atoms with Gasteiger partial charge < -0.3 is 48.8 Å². The summed E-state index contributed by atoms with van der Waals surface area (Å²) in [6, 6.07) is 14.1. The molecule has 2 saturated heterocycles. The van der Waals surface area contributed by atoms with Crippen LogP contribution < -0.4 is 20.4 Å². The summed E-state index contributed by atoms with van der Waals surface area (Å²) in [4.78, 5) is 103. The summed E-state index contributed by atoms with van der Waals surface area (Å²) in [5.41, 5.74) is 0.434. The number of halogens is 2. The van der Waals surface area contributed by atoms with E-state index in [0.717, 1.165) is 36.8 Å². The van der Waals surface area contributed by atoms with Crippen molar-refractivity contribution in [2.45, 2.75) is 124 Å². The number of nitrogens with zero attached hydrogens (tertiary/aromatic N) is 7. The van der Waals surface area contributed by atoms with Crippen molar-refractivity contribution in [3.8, 4) is 0 Å². The zero-order valence-electron chi connectivity index (χ0n) is 44.1. The Hall–Kier alpha value is -6.67. The van der Waals surface area contributed by atoms with Gasteiger partial charge in [0.25, 0.3) is 5.91 Å². The van der Waals surface area contributed by atoms with E-state index in [9.17, 15) is 33.6 Å². The molecule has 2 N–H and O–H groups in total. The summed E-state index contributed by atoms with van der Waals surface area (Å²) in [5.74, 6) is -1.67. The van der Waals surface area contributed by atoms with Crippen LogP contribution in [0.5, 0.6) is 0 Å². The molecule has 20 nitrogen and oxygen atoms in total. The third kappa shape index (κ3) is 15.9. The number of Topliss-reactive ketones (excluding diaryl/α,β-unsaturated/α-hetero) is 2. The number of amides is 3. The molecule has 2 aliphatic heterocycles. The van der Waals surface area contributed by atoms with Gasteiger partial charge in [0.2, 0.25) is 11.9 Å². The molecule has 0 radical (unpaired) electrons. The maximum atomic E-state index is 13.6. The lowest BCUT2D eigenvalue weighted by Crippen LogP contribution is -2.49. The predicted molar refractivity (Wildman–Crippen MR) is 280 cm³/mol. The number of ketones is 2. The van der Waals surface area contributed by atoms with E-state index in [2.05, 4.69) is 20.6 Å². The summed E-state index contributed by atoms with van der Waals surface area (Å²) in [7, 11) is 2.69. The number of carbonyl (C=O) groups is 7. The van der Waals surface area contributed by atoms with Crippen molar-refractivity contribution in [3.63, 3.8) is 0 Å². The number of piperidine rings is 2. The Kier molecular flexibility index (Phi) is 20.1. The van der Waals surface area contributed by atoms with Crippen LogP contribution in [0, 0.1) is 0 Å². The van der Waals surface area contributed by atoms with E-state index >= 15 is 0 Å². The van der Waals surface area contributed by atoms with Crippen molar-refractivity contribution in [1.29, 1.82) is 0 Å². The summed E-state index contributed by atoms with van der Waals surface area (Å²) >= 11 is 12.9. The number of alkyl carbamates (subject to hydrolysis) is 2. The molecule has 6 rings (SSSR count). The number of benzene rings is 2. The van der Waals surface area contributed by atoms with E-state index in [1.54, 1.807) is 55.0 Å². The lowest BCUT2D eigenvalue weighted by Gasteiger charge is -2.34. The minimum Gasteiger partial charge on any atom is -0.468 e. The second-order valence-electron chi connectivity index (χ2n) is 20.0. The number of carbonyl (C=O) groups excluding carboxylic acids is 7. The van der Waals surface area contributed by atoms with Crippen LogP contribution in [0.2, 0.25) is 10.0 Å². The van der Waals surface area contributed by atoms with E-state index in [1.807, 2.05) is 60.9 Å². The van der Waals surface area contributed by atoms with E-state index < -0.39 is 47.0 Å². The van der Waals surface area contributed by atoms with E-state index in [0.29, 0.717) is 48.1 Å². The second kappa shape index (κ2) is 25.5. The lowest BCUT2D eigenvalue weighted by atomic mass is 10.1. The average Bonchev–Trinajstić information content (AvgIpc) is 3.89. The van der Waals surface area contributed by atoms with Crippen LogP contribution in [-0.4, -0.2) is 142 Å². The first-order valence-electron chi connectivity index (χ1n) is 24.5. The Bertz CT molecular complexity index is 2690. The van der Waals surface area contributed by atoms with Gasteiger partial charge in [0.05, 0.1) is 26.8 Å². The Morgan fingerprint density at radius 2 is 1.11 bits per heavy atom. The molecule has 4 heterocycles. The fourth-order valence-electron chi connectivity index (χ4n) is 8.39. The fourth-order valence-corrected chi connectivity index (χ4v) is 8.78. The number of methoxy groups -OCH3 is 1. The SMILES string of the molecule is CCOC(=O)c1c(C(C)=O)nc(N2CCC[C@@H](NC(=O)OC(C)(C)C)C2)n1Cc1ccccc1Cl.COC(=O)CN(C)C(=O)c1c(C(C)=O)nc(N2CCC[C@@H](NC(=O)OC(C)(C)C)C2)n1Cc1ccccc1Cl. The smallest absolute Gasteiger partial charge is 0.407 e. The van der Waals surface area contributed by atoms with Crippen LogP contribution in [0.1, 0.15) is 141 Å². The standard InChI is InChI=1S/C27H36ClN5O6.C25H33ClN4O5/c1-17(34)22-23(24(36)31(5)16-21(35)38-6)33(14-18-10-7-8-12-20(18)28)25(30-22)32-13-9-11-19(15-32)29-26(37)39-27(2,3)4;1-6-34-22(32)21-20(16(2)31)28-23(30(21)14-17-10-7-8-12-19(17)26)29-13-9-11-18(15-29)27-24(33)35-25(3,4)5/h7-8,10,12,19H,9,11,13-16H2,1-6H3,(H,29,37);7-8,10,12,18H,6,9,11,13-15H2,1-5H3,(H,27,33)/t19-;18-/m11/s1. The number of hydrogen-bond donors (Lipinski definition) is 2. The molecule has 0 saturated carbocycles. The van der Waals surface area contributed by atoms with Gasteiger partial charge in [0.1, 0.15) is 34.8 Å². The van der Waals surface area contributed by atoms with Gasteiger partial charge in [-0.15, -0.1) is 0 Å². The molecule has 402 valence electrons. The molecule has 74 heavy (non-hydrogen) atoms. The Labute approximate surface area is 442 Å². The topological polar surface area (TPSA) is 226 Å². The highest BCUT2D eigenvalue weighted by atomic mass is 35.5. The van der Waals surface area contributed by atoms with Gasteiger partial charge in [-0.2, -0.15) is 0 Å². The minimum absolute atomic E-state index is 0.0130. The molecule has 2 aromatic heterocycles. The quantitative estimate of drug-likeness (QED) is 0.0654. The number of nitrogens with one attached hydrogen (secondary N) is 2. The van der Waals surface area contributed by atoms with Crippen molar-refractivity contribution < 1.29 is 52.5 Å². The number of hydrogen-bond acceptors (Lipinski definition) is 15. The van der Waals surface area contributed by atoms with Crippen LogP contribution in [0.25, 0.3) is 0 Å². The minimum atomic E-state index is -0.633. The van der Waals surface area contributed by atoms with Crippen LogP contribution in [0.15, 0.2) is 48.5 Å². The van der Waals surface area contributed by atoms with Gasteiger partial charge in [-0.1, -0.05) is 59.6 Å². The largest absolute Gasteiger partial charge is 0.468 e.